The largest absolute Gasteiger partial charge is 0.455 e. The first-order valence-electron chi connectivity index (χ1n) is 17.3. The Morgan fingerprint density at radius 1 is 0.392 bits per heavy atom. The first kappa shape index (κ1) is 29.5. The summed E-state index contributed by atoms with van der Waals surface area (Å²) in [5, 5.41) is 4.76. The van der Waals surface area contributed by atoms with Crippen LogP contribution in [0.3, 0.4) is 0 Å². The van der Waals surface area contributed by atoms with E-state index in [2.05, 4.69) is 187 Å². The molecule has 0 fully saturated rings. The van der Waals surface area contributed by atoms with Crippen molar-refractivity contribution in [3.05, 3.63) is 188 Å². The van der Waals surface area contributed by atoms with E-state index in [0.717, 1.165) is 39.0 Å². The molecule has 0 saturated carbocycles. The third-order valence-electron chi connectivity index (χ3n) is 9.87. The Labute approximate surface area is 300 Å². The lowest BCUT2D eigenvalue weighted by Crippen LogP contribution is -2.09. The van der Waals surface area contributed by atoms with Gasteiger partial charge in [0, 0.05) is 53.6 Å². The summed E-state index contributed by atoms with van der Waals surface area (Å²) in [5.74, 6) is 0. The normalized spacial score (nSPS) is 11.5. The minimum atomic E-state index is 0.925. The van der Waals surface area contributed by atoms with Gasteiger partial charge in [-0.25, -0.2) is 0 Å². The summed E-state index contributed by atoms with van der Waals surface area (Å²) >= 11 is 1.85. The summed E-state index contributed by atoms with van der Waals surface area (Å²) in [4.78, 5) is 2.29. The zero-order chi connectivity index (χ0) is 33.7. The van der Waals surface area contributed by atoms with Crippen molar-refractivity contribution >= 4 is 70.5 Å². The average Bonchev–Trinajstić information content (AvgIpc) is 3.78. The van der Waals surface area contributed by atoms with Gasteiger partial charge in [0.15, 0.2) is 0 Å². The number of benzene rings is 8. The minimum Gasteiger partial charge on any atom is -0.455 e. The number of hydrogen-bond acceptors (Lipinski definition) is 3. The summed E-state index contributed by atoms with van der Waals surface area (Å²) in [6, 6.07) is 67.2. The van der Waals surface area contributed by atoms with Gasteiger partial charge in [-0.2, -0.15) is 0 Å². The van der Waals surface area contributed by atoms with E-state index in [1.54, 1.807) is 0 Å². The molecule has 2 nitrogen and oxygen atoms in total. The molecule has 0 amide bonds. The molecule has 0 atom stereocenters. The molecule has 240 valence electrons. The van der Waals surface area contributed by atoms with Crippen molar-refractivity contribution in [3.8, 4) is 33.4 Å². The molecule has 3 heteroatoms. The number of thiophene rings is 1. The topological polar surface area (TPSA) is 16.4 Å². The second kappa shape index (κ2) is 12.2. The molecule has 10 aromatic rings. The Kier molecular flexibility index (Phi) is 7.04. The Morgan fingerprint density at radius 3 is 1.65 bits per heavy atom. The van der Waals surface area contributed by atoms with Crippen molar-refractivity contribution in [2.75, 3.05) is 4.90 Å². The van der Waals surface area contributed by atoms with Crippen LogP contribution in [-0.2, 0) is 0 Å². The van der Waals surface area contributed by atoms with Crippen LogP contribution in [0.15, 0.2) is 192 Å². The predicted molar refractivity (Wildman–Crippen MR) is 218 cm³/mol. The SMILES string of the molecule is c1ccc(N(c2ccccc2)c2ccc(-c3ccc(-c4cccc(-c5cc6c7ccccc7oc6c6c5sc5ccccc56)c4)cc3)cc2)cc1. The number of rotatable bonds is 6. The van der Waals surface area contributed by atoms with E-state index in [0.29, 0.717) is 0 Å². The minimum absolute atomic E-state index is 0.925. The van der Waals surface area contributed by atoms with Gasteiger partial charge in [-0.3, -0.25) is 0 Å². The van der Waals surface area contributed by atoms with Crippen LogP contribution in [0.4, 0.5) is 17.1 Å². The van der Waals surface area contributed by atoms with Crippen molar-refractivity contribution in [1.82, 2.24) is 0 Å². The molecular formula is C48H31NOS. The maximum absolute atomic E-state index is 6.53. The summed E-state index contributed by atoms with van der Waals surface area (Å²) < 4.78 is 9.06. The monoisotopic (exact) mass is 669 g/mol. The number of nitrogens with zero attached hydrogens (tertiary/aromatic N) is 1. The van der Waals surface area contributed by atoms with Gasteiger partial charge in [0.05, 0.1) is 0 Å². The molecule has 2 heterocycles. The molecule has 0 aliphatic rings. The van der Waals surface area contributed by atoms with E-state index in [4.69, 9.17) is 4.42 Å². The lowest BCUT2D eigenvalue weighted by Gasteiger charge is -2.25. The number of fused-ring (bicyclic) bond motifs is 7. The lowest BCUT2D eigenvalue weighted by molar-refractivity contribution is 0.673. The fourth-order valence-corrected chi connectivity index (χ4v) is 8.64. The molecule has 0 spiro atoms. The molecule has 2 aromatic heterocycles. The zero-order valence-electron chi connectivity index (χ0n) is 27.7. The van der Waals surface area contributed by atoms with Crippen molar-refractivity contribution in [1.29, 1.82) is 0 Å². The first-order chi connectivity index (χ1) is 25.3. The van der Waals surface area contributed by atoms with E-state index in [1.807, 2.05) is 17.4 Å². The van der Waals surface area contributed by atoms with E-state index < -0.39 is 0 Å². The van der Waals surface area contributed by atoms with E-state index in [9.17, 15) is 0 Å². The smallest absolute Gasteiger partial charge is 0.144 e. The van der Waals surface area contributed by atoms with Crippen LogP contribution in [-0.4, -0.2) is 0 Å². The van der Waals surface area contributed by atoms with Crippen LogP contribution in [0.1, 0.15) is 0 Å². The van der Waals surface area contributed by atoms with E-state index >= 15 is 0 Å². The molecule has 0 aliphatic heterocycles. The second-order valence-electron chi connectivity index (χ2n) is 12.9. The average molecular weight is 670 g/mol. The van der Waals surface area contributed by atoms with Gasteiger partial charge in [-0.05, 0) is 88.5 Å². The molecule has 10 rings (SSSR count). The molecule has 0 radical (unpaired) electrons. The van der Waals surface area contributed by atoms with Gasteiger partial charge in [0.1, 0.15) is 11.2 Å². The first-order valence-corrected chi connectivity index (χ1v) is 18.1. The zero-order valence-corrected chi connectivity index (χ0v) is 28.5. The Balaban J connectivity index is 1.01. The maximum Gasteiger partial charge on any atom is 0.144 e. The molecule has 51 heavy (non-hydrogen) atoms. The molecule has 0 bridgehead atoms. The van der Waals surface area contributed by atoms with Gasteiger partial charge in [-0.15, -0.1) is 11.3 Å². The van der Waals surface area contributed by atoms with Crippen molar-refractivity contribution in [3.63, 3.8) is 0 Å². The van der Waals surface area contributed by atoms with Gasteiger partial charge in [0.2, 0.25) is 0 Å². The fourth-order valence-electron chi connectivity index (χ4n) is 7.40. The van der Waals surface area contributed by atoms with Crippen LogP contribution >= 0.6 is 11.3 Å². The van der Waals surface area contributed by atoms with Gasteiger partial charge >= 0.3 is 0 Å². The van der Waals surface area contributed by atoms with Crippen LogP contribution in [0.5, 0.6) is 0 Å². The Hall–Kier alpha value is -6.42. The van der Waals surface area contributed by atoms with Crippen molar-refractivity contribution in [2.45, 2.75) is 0 Å². The maximum atomic E-state index is 6.53. The highest BCUT2D eigenvalue weighted by Gasteiger charge is 2.19. The summed E-state index contributed by atoms with van der Waals surface area (Å²) in [6.07, 6.45) is 0. The Morgan fingerprint density at radius 2 is 0.941 bits per heavy atom. The highest BCUT2D eigenvalue weighted by molar-refractivity contribution is 7.26. The van der Waals surface area contributed by atoms with Crippen LogP contribution in [0.2, 0.25) is 0 Å². The van der Waals surface area contributed by atoms with Gasteiger partial charge in [0.25, 0.3) is 0 Å². The third kappa shape index (κ3) is 5.10. The summed E-state index contributed by atoms with van der Waals surface area (Å²) in [6.45, 7) is 0. The number of hydrogen-bond donors (Lipinski definition) is 0. The van der Waals surface area contributed by atoms with Crippen molar-refractivity contribution < 1.29 is 4.42 Å². The predicted octanol–water partition coefficient (Wildman–Crippen LogP) is 14.4. The van der Waals surface area contributed by atoms with E-state index in [1.165, 1.54) is 53.6 Å². The standard InChI is InChI=1S/C48H31NOS/c1-3-14-37(15-4-1)49(38-16-5-2-6-17-38)39-28-26-33(27-29-39)32-22-24-34(25-23-32)35-12-11-13-36(30-35)42-31-43-40-18-7-9-20-44(40)50-47(43)46-41-19-8-10-21-45(41)51-48(42)46/h1-31H. The number of para-hydroxylation sites is 3. The third-order valence-corrected chi connectivity index (χ3v) is 11.1. The lowest BCUT2D eigenvalue weighted by atomic mass is 9.95. The quantitative estimate of drug-likeness (QED) is 0.175. The van der Waals surface area contributed by atoms with Crippen molar-refractivity contribution in [2.24, 2.45) is 0 Å². The highest BCUT2D eigenvalue weighted by atomic mass is 32.1. The van der Waals surface area contributed by atoms with E-state index in [-0.39, 0.29) is 0 Å². The molecule has 0 aliphatic carbocycles. The molecular weight excluding hydrogens is 639 g/mol. The van der Waals surface area contributed by atoms with Crippen LogP contribution < -0.4 is 4.90 Å². The molecule has 0 unspecified atom stereocenters. The highest BCUT2D eigenvalue weighted by Crippen LogP contribution is 2.47. The van der Waals surface area contributed by atoms with Gasteiger partial charge in [-0.1, -0.05) is 127 Å². The van der Waals surface area contributed by atoms with Crippen LogP contribution in [0.25, 0.3) is 75.5 Å². The second-order valence-corrected chi connectivity index (χ2v) is 14.0. The molecule has 8 aromatic carbocycles. The summed E-state index contributed by atoms with van der Waals surface area (Å²) in [7, 11) is 0. The Bertz CT molecular complexity index is 2790. The fraction of sp³-hybridized carbons (Fsp3) is 0. The number of furan rings is 1. The van der Waals surface area contributed by atoms with Gasteiger partial charge < -0.3 is 9.32 Å². The molecule has 0 N–H and O–H groups in total. The summed E-state index contributed by atoms with van der Waals surface area (Å²) in [5.41, 5.74) is 12.5. The number of anilines is 3. The molecule has 0 saturated heterocycles. The van der Waals surface area contributed by atoms with Crippen LogP contribution in [0, 0.1) is 0 Å².